The van der Waals surface area contributed by atoms with Crippen molar-refractivity contribution in [2.75, 3.05) is 19.8 Å². The molecule has 1 amide bonds. The van der Waals surface area contributed by atoms with Crippen LogP contribution in [0.15, 0.2) is 24.3 Å². The molecule has 1 N–H and O–H groups in total. The molecule has 0 aliphatic carbocycles. The van der Waals surface area contributed by atoms with E-state index in [1.54, 1.807) is 0 Å². The molecule has 0 spiro atoms. The fourth-order valence-electron chi connectivity index (χ4n) is 3.24. The molecule has 2 heterocycles. The Morgan fingerprint density at radius 1 is 1.19 bits per heavy atom. The van der Waals surface area contributed by atoms with Crippen LogP contribution in [0.2, 0.25) is 0 Å². The summed E-state index contributed by atoms with van der Waals surface area (Å²) in [4.78, 5) is 14.3. The zero-order valence-corrected chi connectivity index (χ0v) is 12.8. The largest absolute Gasteiger partial charge is 0.381 e. The minimum absolute atomic E-state index is 0.0156. The smallest absolute Gasteiger partial charge is 0.238 e. The van der Waals surface area contributed by atoms with E-state index in [-0.39, 0.29) is 12.1 Å². The SMILES string of the molecule is CC(C)c1ccc(C2NCC(=O)N2C2CCOCC2)cc1. The van der Waals surface area contributed by atoms with Crippen LogP contribution < -0.4 is 5.32 Å². The van der Waals surface area contributed by atoms with Gasteiger partial charge in [0.25, 0.3) is 0 Å². The Hall–Kier alpha value is -1.39. The highest BCUT2D eigenvalue weighted by Crippen LogP contribution is 2.29. The van der Waals surface area contributed by atoms with Gasteiger partial charge in [-0.3, -0.25) is 10.1 Å². The first kappa shape index (κ1) is 14.5. The highest BCUT2D eigenvalue weighted by Gasteiger charge is 2.37. The van der Waals surface area contributed by atoms with Crippen LogP contribution in [0, 0.1) is 0 Å². The van der Waals surface area contributed by atoms with E-state index >= 15 is 0 Å². The number of hydrogen-bond acceptors (Lipinski definition) is 3. The Labute approximate surface area is 126 Å². The van der Waals surface area contributed by atoms with Gasteiger partial charge < -0.3 is 9.64 Å². The first-order valence-electron chi connectivity index (χ1n) is 7.89. The lowest BCUT2D eigenvalue weighted by molar-refractivity contribution is -0.132. The van der Waals surface area contributed by atoms with Crippen LogP contribution in [0.5, 0.6) is 0 Å². The van der Waals surface area contributed by atoms with Crippen molar-refractivity contribution in [3.8, 4) is 0 Å². The summed E-state index contributed by atoms with van der Waals surface area (Å²) in [5.74, 6) is 0.739. The second-order valence-corrected chi connectivity index (χ2v) is 6.25. The van der Waals surface area contributed by atoms with Gasteiger partial charge in [-0.05, 0) is 29.9 Å². The summed E-state index contributed by atoms with van der Waals surface area (Å²) in [5.41, 5.74) is 2.51. The molecule has 0 aromatic heterocycles. The Balaban J connectivity index is 1.80. The molecule has 4 heteroatoms. The average molecular weight is 288 g/mol. The van der Waals surface area contributed by atoms with E-state index in [4.69, 9.17) is 4.74 Å². The van der Waals surface area contributed by atoms with Gasteiger partial charge >= 0.3 is 0 Å². The van der Waals surface area contributed by atoms with Crippen molar-refractivity contribution in [2.24, 2.45) is 0 Å². The minimum atomic E-state index is 0.0156. The van der Waals surface area contributed by atoms with Crippen molar-refractivity contribution in [1.29, 1.82) is 0 Å². The van der Waals surface area contributed by atoms with Crippen molar-refractivity contribution >= 4 is 5.91 Å². The molecule has 1 aromatic carbocycles. The van der Waals surface area contributed by atoms with Crippen LogP contribution in [-0.4, -0.2) is 36.6 Å². The fourth-order valence-corrected chi connectivity index (χ4v) is 3.24. The molecule has 4 nitrogen and oxygen atoms in total. The van der Waals surface area contributed by atoms with Gasteiger partial charge in [0.2, 0.25) is 5.91 Å². The summed E-state index contributed by atoms with van der Waals surface area (Å²) < 4.78 is 5.42. The molecule has 1 unspecified atom stereocenters. The highest BCUT2D eigenvalue weighted by atomic mass is 16.5. The third kappa shape index (κ3) is 2.97. The van der Waals surface area contributed by atoms with Crippen molar-refractivity contribution < 1.29 is 9.53 Å². The fraction of sp³-hybridized carbons (Fsp3) is 0.588. The molecule has 3 rings (SSSR count). The number of carbonyl (C=O) groups excluding carboxylic acids is 1. The maximum Gasteiger partial charge on any atom is 0.238 e. The number of nitrogens with zero attached hydrogens (tertiary/aromatic N) is 1. The third-order valence-corrected chi connectivity index (χ3v) is 4.52. The summed E-state index contributed by atoms with van der Waals surface area (Å²) in [7, 11) is 0. The molecule has 1 atom stereocenters. The van der Waals surface area contributed by atoms with Crippen LogP contribution >= 0.6 is 0 Å². The summed E-state index contributed by atoms with van der Waals surface area (Å²) in [6.07, 6.45) is 1.89. The first-order valence-corrected chi connectivity index (χ1v) is 7.89. The van der Waals surface area contributed by atoms with E-state index in [1.807, 2.05) is 4.90 Å². The van der Waals surface area contributed by atoms with Gasteiger partial charge in [0.15, 0.2) is 0 Å². The van der Waals surface area contributed by atoms with Crippen molar-refractivity contribution in [1.82, 2.24) is 10.2 Å². The lowest BCUT2D eigenvalue weighted by Gasteiger charge is -2.35. The number of rotatable bonds is 3. The number of amides is 1. The molecule has 0 bridgehead atoms. The summed E-state index contributed by atoms with van der Waals surface area (Å²) >= 11 is 0. The van der Waals surface area contributed by atoms with Crippen molar-refractivity contribution in [3.63, 3.8) is 0 Å². The van der Waals surface area contributed by atoms with E-state index in [0.29, 0.717) is 18.5 Å². The van der Waals surface area contributed by atoms with Crippen LogP contribution in [-0.2, 0) is 9.53 Å². The number of benzene rings is 1. The lowest BCUT2D eigenvalue weighted by Crippen LogP contribution is -2.42. The van der Waals surface area contributed by atoms with Gasteiger partial charge in [0, 0.05) is 19.3 Å². The van der Waals surface area contributed by atoms with Gasteiger partial charge in [-0.1, -0.05) is 38.1 Å². The number of ether oxygens (including phenoxy) is 1. The second kappa shape index (κ2) is 6.16. The average Bonchev–Trinajstić information content (AvgIpc) is 2.90. The van der Waals surface area contributed by atoms with Crippen molar-refractivity contribution in [3.05, 3.63) is 35.4 Å². The Morgan fingerprint density at radius 3 is 2.48 bits per heavy atom. The molecule has 2 saturated heterocycles. The predicted octanol–water partition coefficient (Wildman–Crippen LogP) is 2.42. The van der Waals surface area contributed by atoms with Gasteiger partial charge in [0.05, 0.1) is 6.54 Å². The molecule has 1 aromatic rings. The van der Waals surface area contributed by atoms with E-state index in [1.165, 1.54) is 11.1 Å². The van der Waals surface area contributed by atoms with Crippen LogP contribution in [0.1, 0.15) is 49.9 Å². The zero-order chi connectivity index (χ0) is 14.8. The Morgan fingerprint density at radius 2 is 1.86 bits per heavy atom. The molecule has 2 aliphatic rings. The minimum Gasteiger partial charge on any atom is -0.381 e. The summed E-state index contributed by atoms with van der Waals surface area (Å²) in [5, 5.41) is 3.35. The zero-order valence-electron chi connectivity index (χ0n) is 12.8. The second-order valence-electron chi connectivity index (χ2n) is 6.25. The molecule has 114 valence electrons. The van der Waals surface area contributed by atoms with Crippen LogP contribution in [0.3, 0.4) is 0 Å². The number of nitrogens with one attached hydrogen (secondary N) is 1. The first-order chi connectivity index (χ1) is 10.2. The normalized spacial score (nSPS) is 24.0. The van der Waals surface area contributed by atoms with Crippen LogP contribution in [0.25, 0.3) is 0 Å². The van der Waals surface area contributed by atoms with E-state index < -0.39 is 0 Å². The molecular weight excluding hydrogens is 264 g/mol. The molecule has 2 fully saturated rings. The quantitative estimate of drug-likeness (QED) is 0.928. The Bertz CT molecular complexity index is 492. The number of carbonyl (C=O) groups is 1. The lowest BCUT2D eigenvalue weighted by atomic mass is 10.00. The molecule has 0 saturated carbocycles. The molecule has 2 aliphatic heterocycles. The van der Waals surface area contributed by atoms with Gasteiger partial charge in [-0.2, -0.15) is 0 Å². The predicted molar refractivity (Wildman–Crippen MR) is 82.0 cm³/mol. The van der Waals surface area contributed by atoms with E-state index in [9.17, 15) is 4.79 Å². The van der Waals surface area contributed by atoms with E-state index in [0.717, 1.165) is 26.1 Å². The standard InChI is InChI=1S/C17H24N2O2/c1-12(2)13-3-5-14(6-4-13)17-18-11-16(20)19(17)15-7-9-21-10-8-15/h3-6,12,15,17-18H,7-11H2,1-2H3. The van der Waals surface area contributed by atoms with Crippen molar-refractivity contribution in [2.45, 2.75) is 44.8 Å². The van der Waals surface area contributed by atoms with Crippen LogP contribution in [0.4, 0.5) is 0 Å². The highest BCUT2D eigenvalue weighted by molar-refractivity contribution is 5.81. The summed E-state index contributed by atoms with van der Waals surface area (Å²) in [6.45, 7) is 6.34. The maximum absolute atomic E-state index is 12.3. The maximum atomic E-state index is 12.3. The monoisotopic (exact) mass is 288 g/mol. The van der Waals surface area contributed by atoms with Gasteiger partial charge in [0.1, 0.15) is 6.17 Å². The topological polar surface area (TPSA) is 41.6 Å². The van der Waals surface area contributed by atoms with E-state index in [2.05, 4.69) is 43.4 Å². The molecule has 21 heavy (non-hydrogen) atoms. The molecule has 0 radical (unpaired) electrons. The Kier molecular flexibility index (Phi) is 4.27. The molecular formula is C17H24N2O2. The summed E-state index contributed by atoms with van der Waals surface area (Å²) in [6, 6.07) is 8.95. The third-order valence-electron chi connectivity index (χ3n) is 4.52. The van der Waals surface area contributed by atoms with Gasteiger partial charge in [-0.15, -0.1) is 0 Å². The number of hydrogen-bond donors (Lipinski definition) is 1. The van der Waals surface area contributed by atoms with Gasteiger partial charge in [-0.25, -0.2) is 0 Å².